The summed E-state index contributed by atoms with van der Waals surface area (Å²) in [6, 6.07) is 10.9. The van der Waals surface area contributed by atoms with Crippen LogP contribution in [-0.2, 0) is 14.3 Å². The number of hydrogen-bond acceptors (Lipinski definition) is 3. The van der Waals surface area contributed by atoms with Gasteiger partial charge in [0.1, 0.15) is 5.82 Å². The highest BCUT2D eigenvalue weighted by molar-refractivity contribution is 6.40. The molecular weight excluding hydrogens is 347 g/mol. The van der Waals surface area contributed by atoms with Crippen LogP contribution in [0.15, 0.2) is 42.5 Å². The van der Waals surface area contributed by atoms with E-state index >= 15 is 0 Å². The quantitative estimate of drug-likeness (QED) is 0.800. The predicted molar refractivity (Wildman–Crippen MR) is 94.0 cm³/mol. The van der Waals surface area contributed by atoms with E-state index < -0.39 is 23.7 Å². The van der Waals surface area contributed by atoms with Crippen LogP contribution < -0.4 is 10.6 Å². The van der Waals surface area contributed by atoms with Crippen molar-refractivity contribution in [2.45, 2.75) is 13.0 Å². The first-order chi connectivity index (χ1) is 11.9. The molecular formula is C18H18ClFN2O3. The van der Waals surface area contributed by atoms with Gasteiger partial charge in [0, 0.05) is 24.4 Å². The van der Waals surface area contributed by atoms with E-state index in [1.165, 1.54) is 19.2 Å². The average Bonchev–Trinajstić information content (AvgIpc) is 2.59. The second-order valence-electron chi connectivity index (χ2n) is 5.36. The fourth-order valence-corrected chi connectivity index (χ4v) is 2.41. The molecule has 0 aliphatic heterocycles. The van der Waals surface area contributed by atoms with Crippen LogP contribution in [0.3, 0.4) is 0 Å². The molecule has 0 heterocycles. The van der Waals surface area contributed by atoms with Gasteiger partial charge in [0.2, 0.25) is 0 Å². The summed E-state index contributed by atoms with van der Waals surface area (Å²) < 4.78 is 18.5. The smallest absolute Gasteiger partial charge is 0.313 e. The van der Waals surface area contributed by atoms with Crippen molar-refractivity contribution in [3.8, 4) is 0 Å². The van der Waals surface area contributed by atoms with Crippen LogP contribution in [0, 0.1) is 12.7 Å². The largest absolute Gasteiger partial charge is 0.375 e. The van der Waals surface area contributed by atoms with E-state index in [-0.39, 0.29) is 6.54 Å². The van der Waals surface area contributed by atoms with Crippen LogP contribution in [0.25, 0.3) is 0 Å². The zero-order valence-electron chi connectivity index (χ0n) is 13.8. The summed E-state index contributed by atoms with van der Waals surface area (Å²) in [7, 11) is 1.44. The van der Waals surface area contributed by atoms with Gasteiger partial charge >= 0.3 is 11.8 Å². The third-order valence-corrected chi connectivity index (χ3v) is 4.08. The van der Waals surface area contributed by atoms with Crippen LogP contribution in [-0.4, -0.2) is 25.5 Å². The lowest BCUT2D eigenvalue weighted by atomic mass is 10.1. The molecule has 2 rings (SSSR count). The summed E-state index contributed by atoms with van der Waals surface area (Å²) in [5.74, 6) is -2.04. The highest BCUT2D eigenvalue weighted by Gasteiger charge is 2.18. The number of rotatable bonds is 5. The van der Waals surface area contributed by atoms with E-state index in [2.05, 4.69) is 10.6 Å². The molecule has 7 heteroatoms. The van der Waals surface area contributed by atoms with Gasteiger partial charge in [-0.1, -0.05) is 29.8 Å². The lowest BCUT2D eigenvalue weighted by molar-refractivity contribution is -0.136. The normalized spacial score (nSPS) is 11.7. The minimum Gasteiger partial charge on any atom is -0.375 e. The van der Waals surface area contributed by atoms with Gasteiger partial charge in [-0.05, 0) is 42.3 Å². The standard InChI is InChI=1S/C18H18ClFN2O3/c1-11-14(19)7-4-8-15(11)22-18(24)17(23)21-10-16(25-2)12-5-3-6-13(20)9-12/h3-9,16H,10H2,1-2H3,(H,21,23)(H,22,24). The number of ether oxygens (including phenoxy) is 1. The molecule has 0 radical (unpaired) electrons. The molecule has 132 valence electrons. The molecule has 0 aliphatic carbocycles. The Bertz CT molecular complexity index is 783. The first kappa shape index (κ1) is 18.9. The number of nitrogens with one attached hydrogen (secondary N) is 2. The number of anilines is 1. The third kappa shape index (κ3) is 5.01. The number of carbonyl (C=O) groups is 2. The minimum absolute atomic E-state index is 0.0285. The van der Waals surface area contributed by atoms with E-state index in [4.69, 9.17) is 16.3 Å². The van der Waals surface area contributed by atoms with Crippen molar-refractivity contribution < 1.29 is 18.7 Å². The Morgan fingerprint density at radius 2 is 1.92 bits per heavy atom. The zero-order valence-corrected chi connectivity index (χ0v) is 14.6. The number of carbonyl (C=O) groups excluding carboxylic acids is 2. The molecule has 0 bridgehead atoms. The molecule has 1 unspecified atom stereocenters. The second kappa shape index (κ2) is 8.60. The maximum absolute atomic E-state index is 13.3. The van der Waals surface area contributed by atoms with Gasteiger partial charge in [-0.3, -0.25) is 9.59 Å². The molecule has 2 N–H and O–H groups in total. The maximum atomic E-state index is 13.3. The number of hydrogen-bond donors (Lipinski definition) is 2. The van der Waals surface area contributed by atoms with E-state index in [9.17, 15) is 14.0 Å². The lowest BCUT2D eigenvalue weighted by Crippen LogP contribution is -2.38. The molecule has 2 aromatic rings. The first-order valence-electron chi connectivity index (χ1n) is 7.55. The summed E-state index contributed by atoms with van der Waals surface area (Å²) >= 11 is 5.98. The van der Waals surface area contributed by atoms with Crippen molar-refractivity contribution in [1.82, 2.24) is 5.32 Å². The Hall–Kier alpha value is -2.44. The number of benzene rings is 2. The van der Waals surface area contributed by atoms with Gasteiger partial charge in [0.15, 0.2) is 0 Å². The Balaban J connectivity index is 1.96. The lowest BCUT2D eigenvalue weighted by Gasteiger charge is -2.16. The van der Waals surface area contributed by atoms with Crippen molar-refractivity contribution in [1.29, 1.82) is 0 Å². The van der Waals surface area contributed by atoms with Gasteiger partial charge in [0.25, 0.3) is 0 Å². The fraction of sp³-hybridized carbons (Fsp3) is 0.222. The molecule has 1 atom stereocenters. The Morgan fingerprint density at radius 3 is 2.60 bits per heavy atom. The molecule has 0 fully saturated rings. The topological polar surface area (TPSA) is 67.4 Å². The van der Waals surface area contributed by atoms with Crippen LogP contribution in [0.1, 0.15) is 17.2 Å². The molecule has 2 aromatic carbocycles. The van der Waals surface area contributed by atoms with E-state index in [1.807, 2.05) is 0 Å². The van der Waals surface area contributed by atoms with Crippen LogP contribution in [0.2, 0.25) is 5.02 Å². The first-order valence-corrected chi connectivity index (χ1v) is 7.92. The Kier molecular flexibility index (Phi) is 6.50. The summed E-state index contributed by atoms with van der Waals surface area (Å²) in [6.07, 6.45) is -0.569. The molecule has 0 saturated carbocycles. The molecule has 25 heavy (non-hydrogen) atoms. The highest BCUT2D eigenvalue weighted by atomic mass is 35.5. The Labute approximate surface area is 150 Å². The summed E-state index contributed by atoms with van der Waals surface area (Å²) in [5.41, 5.74) is 1.69. The molecule has 5 nitrogen and oxygen atoms in total. The van der Waals surface area contributed by atoms with Gasteiger partial charge in [-0.25, -0.2) is 4.39 Å². The van der Waals surface area contributed by atoms with Gasteiger partial charge in [-0.15, -0.1) is 0 Å². The van der Waals surface area contributed by atoms with Crippen LogP contribution in [0.4, 0.5) is 10.1 Å². The van der Waals surface area contributed by atoms with Crippen molar-refractivity contribution in [3.63, 3.8) is 0 Å². The van der Waals surface area contributed by atoms with E-state index in [0.717, 1.165) is 0 Å². The van der Waals surface area contributed by atoms with Gasteiger partial charge in [0.05, 0.1) is 6.10 Å². The minimum atomic E-state index is -0.821. The third-order valence-electron chi connectivity index (χ3n) is 3.68. The van der Waals surface area contributed by atoms with Crippen molar-refractivity contribution in [2.75, 3.05) is 19.0 Å². The summed E-state index contributed by atoms with van der Waals surface area (Å²) in [4.78, 5) is 24.0. The van der Waals surface area contributed by atoms with Crippen molar-refractivity contribution in [2.24, 2.45) is 0 Å². The molecule has 0 aromatic heterocycles. The highest BCUT2D eigenvalue weighted by Crippen LogP contribution is 2.22. The number of amides is 2. The molecule has 2 amide bonds. The van der Waals surface area contributed by atoms with E-state index in [1.54, 1.807) is 37.3 Å². The summed E-state index contributed by atoms with van der Waals surface area (Å²) in [5, 5.41) is 5.47. The van der Waals surface area contributed by atoms with Crippen molar-refractivity contribution in [3.05, 3.63) is 64.4 Å². The van der Waals surface area contributed by atoms with Crippen LogP contribution >= 0.6 is 11.6 Å². The fourth-order valence-electron chi connectivity index (χ4n) is 2.23. The average molecular weight is 365 g/mol. The molecule has 0 spiro atoms. The number of halogens is 2. The number of methoxy groups -OCH3 is 1. The second-order valence-corrected chi connectivity index (χ2v) is 5.76. The molecule has 0 aliphatic rings. The summed E-state index contributed by atoms with van der Waals surface area (Å²) in [6.45, 7) is 1.77. The Morgan fingerprint density at radius 1 is 1.20 bits per heavy atom. The maximum Gasteiger partial charge on any atom is 0.313 e. The van der Waals surface area contributed by atoms with Crippen LogP contribution in [0.5, 0.6) is 0 Å². The van der Waals surface area contributed by atoms with Gasteiger partial charge < -0.3 is 15.4 Å². The molecule has 0 saturated heterocycles. The van der Waals surface area contributed by atoms with Gasteiger partial charge in [-0.2, -0.15) is 0 Å². The van der Waals surface area contributed by atoms with E-state index in [0.29, 0.717) is 21.8 Å². The zero-order chi connectivity index (χ0) is 18.4. The predicted octanol–water partition coefficient (Wildman–Crippen LogP) is 3.23. The monoisotopic (exact) mass is 364 g/mol. The SMILES string of the molecule is COC(CNC(=O)C(=O)Nc1cccc(Cl)c1C)c1cccc(F)c1. The van der Waals surface area contributed by atoms with Crippen molar-refractivity contribution >= 4 is 29.1 Å².